The molecule has 0 aliphatic carbocycles. The van der Waals surface area contributed by atoms with Crippen LogP contribution in [0, 0.1) is 0 Å². The van der Waals surface area contributed by atoms with Crippen molar-refractivity contribution in [3.05, 3.63) is 0 Å². The van der Waals surface area contributed by atoms with E-state index in [4.69, 9.17) is 5.11 Å². The molecule has 1 unspecified atom stereocenters. The van der Waals surface area contributed by atoms with Gasteiger partial charge in [-0.05, 0) is 0 Å². The Morgan fingerprint density at radius 2 is 2.25 bits per heavy atom. The number of cyclic esters (lactones) is 2. The molecule has 6 nitrogen and oxygen atoms in total. The van der Waals surface area contributed by atoms with Gasteiger partial charge in [0.05, 0.1) is 6.42 Å². The minimum atomic E-state index is -1.29. The first-order chi connectivity index (χ1) is 5.59. The Kier molecular flexibility index (Phi) is 2.27. The van der Waals surface area contributed by atoms with Gasteiger partial charge in [-0.2, -0.15) is 0 Å². The maximum atomic E-state index is 10.7. The topological polar surface area (TPSA) is 89.9 Å². The molecule has 0 bridgehead atoms. The fraction of sp³-hybridized carbons (Fsp3) is 0.500. The van der Waals surface area contributed by atoms with Crippen molar-refractivity contribution in [1.29, 1.82) is 0 Å². The number of carbonyl (C=O) groups excluding carboxylic acids is 2. The average molecular weight is 174 g/mol. The van der Waals surface area contributed by atoms with Gasteiger partial charge in [-0.1, -0.05) is 0 Å². The Morgan fingerprint density at radius 1 is 1.58 bits per heavy atom. The molecule has 0 amide bonds. The largest absolute Gasteiger partial charge is 0.481 e. The van der Waals surface area contributed by atoms with Gasteiger partial charge in [0.1, 0.15) is 0 Å². The van der Waals surface area contributed by atoms with Crippen molar-refractivity contribution < 1.29 is 29.0 Å². The van der Waals surface area contributed by atoms with Crippen LogP contribution in [0.15, 0.2) is 0 Å². The lowest BCUT2D eigenvalue weighted by Gasteiger charge is -2.19. The second kappa shape index (κ2) is 3.21. The molecule has 1 fully saturated rings. The highest BCUT2D eigenvalue weighted by Gasteiger charge is 2.32. The van der Waals surface area contributed by atoms with Crippen LogP contribution in [-0.2, 0) is 23.9 Å². The summed E-state index contributed by atoms with van der Waals surface area (Å²) in [6, 6.07) is 0. The summed E-state index contributed by atoms with van der Waals surface area (Å²) in [7, 11) is 0. The van der Waals surface area contributed by atoms with Gasteiger partial charge in [0.2, 0.25) is 6.10 Å². The van der Waals surface area contributed by atoms with Crippen LogP contribution in [0.3, 0.4) is 0 Å². The highest BCUT2D eigenvalue weighted by Crippen LogP contribution is 2.07. The zero-order chi connectivity index (χ0) is 9.14. The third-order valence-corrected chi connectivity index (χ3v) is 1.23. The van der Waals surface area contributed by atoms with E-state index in [-0.39, 0.29) is 0 Å². The molecule has 0 aromatic carbocycles. The Bertz CT molecular complexity index is 230. The molecule has 0 aromatic rings. The summed E-state index contributed by atoms with van der Waals surface area (Å²) in [4.78, 5) is 31.3. The van der Waals surface area contributed by atoms with E-state index in [1.54, 1.807) is 0 Å². The van der Waals surface area contributed by atoms with Crippen LogP contribution in [0.4, 0.5) is 0 Å². The molecule has 0 saturated carbocycles. The van der Waals surface area contributed by atoms with Crippen molar-refractivity contribution in [1.82, 2.24) is 0 Å². The minimum Gasteiger partial charge on any atom is -0.481 e. The lowest BCUT2D eigenvalue weighted by Crippen LogP contribution is -2.38. The third kappa shape index (κ3) is 1.94. The Hall–Kier alpha value is -1.59. The van der Waals surface area contributed by atoms with Crippen LogP contribution >= 0.6 is 0 Å². The number of carboxylic acid groups (broad SMARTS) is 1. The summed E-state index contributed by atoms with van der Waals surface area (Å²) in [5, 5.41) is 8.27. The van der Waals surface area contributed by atoms with E-state index in [1.165, 1.54) is 0 Å². The molecule has 1 atom stereocenters. The molecule has 6 heteroatoms. The average Bonchev–Trinajstić information content (AvgIpc) is 1.96. The molecule has 66 valence electrons. The van der Waals surface area contributed by atoms with Crippen LogP contribution in [0.2, 0.25) is 0 Å². The van der Waals surface area contributed by atoms with Gasteiger partial charge in [-0.3, -0.25) is 4.79 Å². The number of esters is 2. The molecule has 1 saturated heterocycles. The predicted octanol–water partition coefficient (Wildman–Crippen LogP) is -1.07. The smallest absolute Gasteiger partial charge is 0.348 e. The lowest BCUT2D eigenvalue weighted by atomic mass is 10.2. The summed E-state index contributed by atoms with van der Waals surface area (Å²) in [5.41, 5.74) is 0. The van der Waals surface area contributed by atoms with Crippen molar-refractivity contribution in [3.63, 3.8) is 0 Å². The fourth-order valence-electron chi connectivity index (χ4n) is 0.747. The van der Waals surface area contributed by atoms with Gasteiger partial charge in [-0.15, -0.1) is 0 Å². The van der Waals surface area contributed by atoms with Gasteiger partial charge in [0.15, 0.2) is 6.61 Å². The molecule has 0 spiro atoms. The van der Waals surface area contributed by atoms with Crippen LogP contribution < -0.4 is 0 Å². The van der Waals surface area contributed by atoms with Crippen LogP contribution in [-0.4, -0.2) is 35.7 Å². The monoisotopic (exact) mass is 174 g/mol. The standard InChI is InChI=1S/C6H6O6/c7-4(8)1-3-6(10)11-2-5(9)12-3/h3H,1-2H2,(H,7,8). The molecular weight excluding hydrogens is 168 g/mol. The van der Waals surface area contributed by atoms with Crippen molar-refractivity contribution in [2.24, 2.45) is 0 Å². The number of rotatable bonds is 2. The summed E-state index contributed by atoms with van der Waals surface area (Å²) >= 11 is 0. The first-order valence-electron chi connectivity index (χ1n) is 3.17. The number of hydrogen-bond acceptors (Lipinski definition) is 5. The highest BCUT2D eigenvalue weighted by atomic mass is 16.6. The van der Waals surface area contributed by atoms with Crippen molar-refractivity contribution >= 4 is 17.9 Å². The zero-order valence-electron chi connectivity index (χ0n) is 5.98. The van der Waals surface area contributed by atoms with Gasteiger partial charge >= 0.3 is 17.9 Å². The summed E-state index contributed by atoms with van der Waals surface area (Å²) in [5.74, 6) is -2.75. The van der Waals surface area contributed by atoms with E-state index in [9.17, 15) is 14.4 Å². The predicted molar refractivity (Wildman–Crippen MR) is 33.1 cm³/mol. The van der Waals surface area contributed by atoms with Gasteiger partial charge in [0, 0.05) is 0 Å². The van der Waals surface area contributed by atoms with E-state index in [2.05, 4.69) is 9.47 Å². The summed E-state index contributed by atoms with van der Waals surface area (Å²) in [6.07, 6.45) is -1.84. The number of ether oxygens (including phenoxy) is 2. The molecule has 1 N–H and O–H groups in total. The van der Waals surface area contributed by atoms with Crippen LogP contribution in [0.5, 0.6) is 0 Å². The molecule has 1 aliphatic heterocycles. The Morgan fingerprint density at radius 3 is 2.83 bits per heavy atom. The lowest BCUT2D eigenvalue weighted by molar-refractivity contribution is -0.186. The van der Waals surface area contributed by atoms with Crippen molar-refractivity contribution in [2.45, 2.75) is 12.5 Å². The molecule has 0 radical (unpaired) electrons. The van der Waals surface area contributed by atoms with E-state index in [1.807, 2.05) is 0 Å². The van der Waals surface area contributed by atoms with Gasteiger partial charge in [-0.25, -0.2) is 9.59 Å². The summed E-state index contributed by atoms with van der Waals surface area (Å²) in [6.45, 7) is -0.436. The summed E-state index contributed by atoms with van der Waals surface area (Å²) < 4.78 is 8.74. The molecule has 1 heterocycles. The van der Waals surface area contributed by atoms with E-state index in [0.29, 0.717) is 0 Å². The highest BCUT2D eigenvalue weighted by molar-refractivity contribution is 5.88. The Labute approximate surface area is 67.1 Å². The van der Waals surface area contributed by atoms with Crippen molar-refractivity contribution in [2.75, 3.05) is 6.61 Å². The quantitative estimate of drug-likeness (QED) is 0.536. The maximum absolute atomic E-state index is 10.7. The van der Waals surface area contributed by atoms with E-state index in [0.717, 1.165) is 0 Å². The van der Waals surface area contributed by atoms with Crippen molar-refractivity contribution in [3.8, 4) is 0 Å². The van der Waals surface area contributed by atoms with Gasteiger partial charge < -0.3 is 14.6 Å². The SMILES string of the molecule is O=C(O)CC1OC(=O)COC1=O. The van der Waals surface area contributed by atoms with Crippen LogP contribution in [0.1, 0.15) is 6.42 Å². The first-order valence-corrected chi connectivity index (χ1v) is 3.17. The molecular formula is C6H6O6. The first kappa shape index (κ1) is 8.51. The zero-order valence-corrected chi connectivity index (χ0v) is 5.98. The van der Waals surface area contributed by atoms with Crippen LogP contribution in [0.25, 0.3) is 0 Å². The molecule has 1 rings (SSSR count). The molecule has 0 aromatic heterocycles. The molecule has 12 heavy (non-hydrogen) atoms. The van der Waals surface area contributed by atoms with E-state index >= 15 is 0 Å². The second-order valence-corrected chi connectivity index (χ2v) is 2.18. The number of carbonyl (C=O) groups is 3. The minimum absolute atomic E-state index is 0.436. The van der Waals surface area contributed by atoms with Gasteiger partial charge in [0.25, 0.3) is 0 Å². The number of hydrogen-bond donors (Lipinski definition) is 1. The normalized spacial score (nSPS) is 22.8. The third-order valence-electron chi connectivity index (χ3n) is 1.23. The number of carboxylic acids is 1. The maximum Gasteiger partial charge on any atom is 0.348 e. The van der Waals surface area contributed by atoms with E-state index < -0.39 is 37.0 Å². The second-order valence-electron chi connectivity index (χ2n) is 2.18. The Balaban J connectivity index is 2.55. The number of aliphatic carboxylic acids is 1. The fourth-order valence-corrected chi connectivity index (χ4v) is 0.747. The molecule has 1 aliphatic rings.